The van der Waals surface area contributed by atoms with Gasteiger partial charge < -0.3 is 14.9 Å². The molecule has 0 aromatic carbocycles. The van der Waals surface area contributed by atoms with Gasteiger partial charge in [-0.05, 0) is 33.6 Å². The molecule has 0 spiro atoms. The van der Waals surface area contributed by atoms with Crippen LogP contribution in [-0.4, -0.2) is 41.9 Å². The summed E-state index contributed by atoms with van der Waals surface area (Å²) in [5, 5.41) is 4.36. The lowest BCUT2D eigenvalue weighted by Crippen LogP contribution is -2.49. The third kappa shape index (κ3) is 5.86. The molecule has 1 aliphatic rings. The molecule has 1 saturated heterocycles. The monoisotopic (exact) mass is 258 g/mol. The van der Waals surface area contributed by atoms with Crippen LogP contribution in [0.15, 0.2) is 0 Å². The first-order chi connectivity index (χ1) is 8.26. The highest BCUT2D eigenvalue weighted by molar-refractivity contribution is 5.68. The first-order valence-corrected chi connectivity index (χ1v) is 6.19. The summed E-state index contributed by atoms with van der Waals surface area (Å²) >= 11 is 0. The van der Waals surface area contributed by atoms with Crippen molar-refractivity contribution in [2.45, 2.75) is 52.2 Å². The Kier molecular flexibility index (Phi) is 4.95. The highest BCUT2D eigenvalue weighted by Gasteiger charge is 2.25. The lowest BCUT2D eigenvalue weighted by atomic mass is 10.1. The molecule has 1 aliphatic heterocycles. The van der Waals surface area contributed by atoms with Gasteiger partial charge in [-0.1, -0.05) is 0 Å². The molecule has 1 amide bonds. The van der Waals surface area contributed by atoms with E-state index in [1.54, 1.807) is 5.06 Å². The molecule has 1 atom stereocenters. The first kappa shape index (κ1) is 14.8. The van der Waals surface area contributed by atoms with Crippen LogP contribution in [0, 0.1) is 0 Å². The summed E-state index contributed by atoms with van der Waals surface area (Å²) in [5.41, 5.74) is -0.506. The van der Waals surface area contributed by atoms with E-state index in [1.807, 2.05) is 20.8 Å². The molecule has 1 heterocycles. The molecule has 0 aromatic heterocycles. The molecule has 0 saturated carbocycles. The number of nitrogens with one attached hydrogen (secondary N) is 1. The number of carbonyl (C=O) groups excluding carboxylic acids is 2. The second kappa shape index (κ2) is 6.04. The number of rotatable bonds is 2. The number of hydroxylamine groups is 2. The Labute approximate surface area is 108 Å². The molecule has 104 valence electrons. The minimum atomic E-state index is -0.506. The van der Waals surface area contributed by atoms with Crippen LogP contribution in [0.2, 0.25) is 0 Å². The smallest absolute Gasteiger partial charge is 0.407 e. The predicted molar refractivity (Wildman–Crippen MR) is 65.7 cm³/mol. The standard InChI is InChI=1S/C12H22N2O4/c1-9(15)18-14-7-5-6-10(8-14)13-11(16)17-12(2,3)4/h10H,5-8H2,1-4H3,(H,13,16). The maximum Gasteiger partial charge on any atom is 0.407 e. The van der Waals surface area contributed by atoms with Crippen molar-refractivity contribution in [2.24, 2.45) is 0 Å². The molecule has 1 rings (SSSR count). The fraction of sp³-hybridized carbons (Fsp3) is 0.833. The maximum atomic E-state index is 11.6. The number of alkyl carbamates (subject to hydrolysis) is 1. The van der Waals surface area contributed by atoms with Gasteiger partial charge in [0.25, 0.3) is 0 Å². The van der Waals surface area contributed by atoms with Gasteiger partial charge >= 0.3 is 12.1 Å². The Morgan fingerprint density at radius 2 is 2.00 bits per heavy atom. The summed E-state index contributed by atoms with van der Waals surface area (Å²) in [6.45, 7) is 8.02. The summed E-state index contributed by atoms with van der Waals surface area (Å²) in [6, 6.07) is -0.0482. The topological polar surface area (TPSA) is 67.9 Å². The van der Waals surface area contributed by atoms with Crippen molar-refractivity contribution >= 4 is 12.1 Å². The van der Waals surface area contributed by atoms with Crippen molar-refractivity contribution in [3.05, 3.63) is 0 Å². The number of carbonyl (C=O) groups is 2. The zero-order valence-corrected chi connectivity index (χ0v) is 11.5. The van der Waals surface area contributed by atoms with Crippen LogP contribution in [0.25, 0.3) is 0 Å². The van der Waals surface area contributed by atoms with Crippen LogP contribution < -0.4 is 5.32 Å². The van der Waals surface area contributed by atoms with E-state index in [4.69, 9.17) is 9.57 Å². The predicted octanol–water partition coefficient (Wildman–Crippen LogP) is 1.45. The van der Waals surface area contributed by atoms with E-state index in [0.717, 1.165) is 12.8 Å². The summed E-state index contributed by atoms with van der Waals surface area (Å²) in [6.07, 6.45) is 1.29. The molecule has 1 unspecified atom stereocenters. The lowest BCUT2D eigenvalue weighted by molar-refractivity contribution is -0.193. The van der Waals surface area contributed by atoms with Crippen LogP contribution in [0.1, 0.15) is 40.5 Å². The molecular formula is C12H22N2O4. The Hall–Kier alpha value is -1.30. The first-order valence-electron chi connectivity index (χ1n) is 6.19. The quantitative estimate of drug-likeness (QED) is 0.812. The van der Waals surface area contributed by atoms with E-state index in [9.17, 15) is 9.59 Å². The number of hydrogen-bond donors (Lipinski definition) is 1. The number of amides is 1. The highest BCUT2D eigenvalue weighted by Crippen LogP contribution is 2.12. The molecule has 6 nitrogen and oxygen atoms in total. The molecular weight excluding hydrogens is 236 g/mol. The molecule has 6 heteroatoms. The van der Waals surface area contributed by atoms with Gasteiger partial charge in [-0.2, -0.15) is 0 Å². The summed E-state index contributed by atoms with van der Waals surface area (Å²) in [4.78, 5) is 27.5. The van der Waals surface area contributed by atoms with E-state index >= 15 is 0 Å². The molecule has 0 radical (unpaired) electrons. The Balaban J connectivity index is 2.38. The second-order valence-corrected chi connectivity index (χ2v) is 5.46. The average Bonchev–Trinajstić information content (AvgIpc) is 2.13. The van der Waals surface area contributed by atoms with Crippen LogP contribution in [0.5, 0.6) is 0 Å². The second-order valence-electron chi connectivity index (χ2n) is 5.46. The van der Waals surface area contributed by atoms with Crippen molar-refractivity contribution in [1.29, 1.82) is 0 Å². The van der Waals surface area contributed by atoms with E-state index in [0.29, 0.717) is 13.1 Å². The minimum Gasteiger partial charge on any atom is -0.444 e. The van der Waals surface area contributed by atoms with Crippen molar-refractivity contribution in [2.75, 3.05) is 13.1 Å². The van der Waals surface area contributed by atoms with Gasteiger partial charge in [0.05, 0.1) is 6.54 Å². The van der Waals surface area contributed by atoms with Crippen LogP contribution in [-0.2, 0) is 14.4 Å². The summed E-state index contributed by atoms with van der Waals surface area (Å²) in [7, 11) is 0. The van der Waals surface area contributed by atoms with Gasteiger partial charge in [0.1, 0.15) is 5.60 Å². The van der Waals surface area contributed by atoms with E-state index in [-0.39, 0.29) is 12.0 Å². The Morgan fingerprint density at radius 3 is 2.56 bits per heavy atom. The maximum absolute atomic E-state index is 11.6. The van der Waals surface area contributed by atoms with Crippen molar-refractivity contribution < 1.29 is 19.2 Å². The molecule has 0 aliphatic carbocycles. The Bertz CT molecular complexity index is 312. The zero-order chi connectivity index (χ0) is 13.8. The zero-order valence-electron chi connectivity index (χ0n) is 11.5. The van der Waals surface area contributed by atoms with E-state index in [1.165, 1.54) is 6.92 Å². The molecule has 0 aromatic rings. The van der Waals surface area contributed by atoms with Crippen molar-refractivity contribution in [3.63, 3.8) is 0 Å². The van der Waals surface area contributed by atoms with Gasteiger partial charge in [-0.15, -0.1) is 5.06 Å². The van der Waals surface area contributed by atoms with Crippen molar-refractivity contribution in [1.82, 2.24) is 10.4 Å². The van der Waals surface area contributed by atoms with E-state index < -0.39 is 11.7 Å². The number of nitrogens with zero attached hydrogens (tertiary/aromatic N) is 1. The third-order valence-corrected chi connectivity index (χ3v) is 2.36. The van der Waals surface area contributed by atoms with Gasteiger partial charge in [-0.25, -0.2) is 4.79 Å². The number of piperidine rings is 1. The minimum absolute atomic E-state index is 0.0482. The van der Waals surface area contributed by atoms with Gasteiger partial charge in [0, 0.05) is 19.5 Å². The van der Waals surface area contributed by atoms with Crippen LogP contribution in [0.3, 0.4) is 0 Å². The largest absolute Gasteiger partial charge is 0.444 e. The highest BCUT2D eigenvalue weighted by atomic mass is 16.7. The van der Waals surface area contributed by atoms with Crippen LogP contribution in [0.4, 0.5) is 4.79 Å². The fourth-order valence-corrected chi connectivity index (χ4v) is 1.80. The van der Waals surface area contributed by atoms with Crippen LogP contribution >= 0.6 is 0 Å². The third-order valence-electron chi connectivity index (χ3n) is 2.36. The molecule has 18 heavy (non-hydrogen) atoms. The molecule has 1 fully saturated rings. The normalized spacial score (nSPS) is 21.2. The lowest BCUT2D eigenvalue weighted by Gasteiger charge is -2.31. The Morgan fingerprint density at radius 1 is 1.33 bits per heavy atom. The molecule has 1 N–H and O–H groups in total. The number of ether oxygens (including phenoxy) is 1. The van der Waals surface area contributed by atoms with Gasteiger partial charge in [0.2, 0.25) is 0 Å². The average molecular weight is 258 g/mol. The molecule has 0 bridgehead atoms. The van der Waals surface area contributed by atoms with Crippen molar-refractivity contribution in [3.8, 4) is 0 Å². The van der Waals surface area contributed by atoms with E-state index in [2.05, 4.69) is 5.32 Å². The fourth-order valence-electron chi connectivity index (χ4n) is 1.80. The summed E-state index contributed by atoms with van der Waals surface area (Å²) < 4.78 is 5.18. The SMILES string of the molecule is CC(=O)ON1CCCC(NC(=O)OC(C)(C)C)C1. The summed E-state index contributed by atoms with van der Waals surface area (Å²) in [5.74, 6) is -0.340. The van der Waals surface area contributed by atoms with Gasteiger partial charge in [-0.3, -0.25) is 4.79 Å². The number of hydrogen-bond acceptors (Lipinski definition) is 5. The van der Waals surface area contributed by atoms with Gasteiger partial charge in [0.15, 0.2) is 0 Å².